The van der Waals surface area contributed by atoms with Gasteiger partial charge in [0.2, 0.25) is 0 Å². The standard InChI is InChI=1S/C16H17N3/c1-11-3-6-13(7-4-11)16-18-14-8-5-12(10-17-2)9-15(14)19-16/h3-9,17H,10H2,1-2H3,(H,18,19). The van der Waals surface area contributed by atoms with Crippen LogP contribution in [0.5, 0.6) is 0 Å². The van der Waals surface area contributed by atoms with Crippen molar-refractivity contribution >= 4 is 11.0 Å². The van der Waals surface area contributed by atoms with Crippen LogP contribution in [0.3, 0.4) is 0 Å². The Bertz CT molecular complexity index is 696. The largest absolute Gasteiger partial charge is 0.338 e. The number of aryl methyl sites for hydroxylation is 1. The minimum absolute atomic E-state index is 0.870. The molecular weight excluding hydrogens is 234 g/mol. The summed E-state index contributed by atoms with van der Waals surface area (Å²) in [7, 11) is 1.95. The number of hydrogen-bond acceptors (Lipinski definition) is 2. The molecule has 0 bridgehead atoms. The number of hydrogen-bond donors (Lipinski definition) is 2. The Balaban J connectivity index is 2.03. The first-order valence-electron chi connectivity index (χ1n) is 6.46. The summed E-state index contributed by atoms with van der Waals surface area (Å²) in [5.41, 5.74) is 5.74. The van der Waals surface area contributed by atoms with Crippen LogP contribution in [0.15, 0.2) is 42.5 Å². The van der Waals surface area contributed by atoms with Crippen molar-refractivity contribution < 1.29 is 0 Å². The Labute approximate surface area is 112 Å². The number of benzene rings is 2. The van der Waals surface area contributed by atoms with E-state index >= 15 is 0 Å². The summed E-state index contributed by atoms with van der Waals surface area (Å²) < 4.78 is 0. The van der Waals surface area contributed by atoms with Crippen molar-refractivity contribution in [2.45, 2.75) is 13.5 Å². The maximum absolute atomic E-state index is 4.64. The molecule has 0 fully saturated rings. The number of aromatic amines is 1. The van der Waals surface area contributed by atoms with Crippen LogP contribution in [0.4, 0.5) is 0 Å². The van der Waals surface area contributed by atoms with Gasteiger partial charge in [0.05, 0.1) is 11.0 Å². The molecule has 3 rings (SSSR count). The van der Waals surface area contributed by atoms with E-state index in [0.29, 0.717) is 0 Å². The van der Waals surface area contributed by atoms with Gasteiger partial charge in [-0.25, -0.2) is 4.98 Å². The highest BCUT2D eigenvalue weighted by molar-refractivity contribution is 5.80. The Morgan fingerprint density at radius 1 is 1.11 bits per heavy atom. The summed E-state index contributed by atoms with van der Waals surface area (Å²) in [6.45, 7) is 2.96. The number of fused-ring (bicyclic) bond motifs is 1. The second-order valence-corrected chi connectivity index (χ2v) is 4.83. The average Bonchev–Trinajstić information content (AvgIpc) is 2.83. The van der Waals surface area contributed by atoms with Crippen LogP contribution in [0.2, 0.25) is 0 Å². The summed E-state index contributed by atoms with van der Waals surface area (Å²) in [6.07, 6.45) is 0. The predicted octanol–water partition coefficient (Wildman–Crippen LogP) is 3.26. The highest BCUT2D eigenvalue weighted by atomic mass is 14.9. The molecule has 3 heteroatoms. The zero-order chi connectivity index (χ0) is 13.2. The van der Waals surface area contributed by atoms with Gasteiger partial charge in [0.25, 0.3) is 0 Å². The molecule has 1 aromatic heterocycles. The van der Waals surface area contributed by atoms with Gasteiger partial charge in [0.15, 0.2) is 0 Å². The second kappa shape index (κ2) is 4.86. The molecule has 1 heterocycles. The van der Waals surface area contributed by atoms with Crippen LogP contribution in [0.1, 0.15) is 11.1 Å². The number of imidazole rings is 1. The Morgan fingerprint density at radius 3 is 2.63 bits per heavy atom. The third-order valence-electron chi connectivity index (χ3n) is 3.25. The molecule has 0 saturated carbocycles. The number of rotatable bonds is 3. The van der Waals surface area contributed by atoms with Crippen molar-refractivity contribution in [1.29, 1.82) is 0 Å². The second-order valence-electron chi connectivity index (χ2n) is 4.83. The van der Waals surface area contributed by atoms with E-state index in [4.69, 9.17) is 0 Å². The topological polar surface area (TPSA) is 40.7 Å². The molecule has 0 atom stereocenters. The summed E-state index contributed by atoms with van der Waals surface area (Å²) in [6, 6.07) is 14.7. The van der Waals surface area contributed by atoms with Crippen molar-refractivity contribution in [2.75, 3.05) is 7.05 Å². The molecule has 0 aliphatic heterocycles. The molecular formula is C16H17N3. The van der Waals surface area contributed by atoms with E-state index in [1.54, 1.807) is 0 Å². The first-order valence-corrected chi connectivity index (χ1v) is 6.46. The van der Waals surface area contributed by atoms with Crippen LogP contribution in [-0.2, 0) is 6.54 Å². The van der Waals surface area contributed by atoms with E-state index in [0.717, 1.165) is 29.0 Å². The van der Waals surface area contributed by atoms with E-state index in [-0.39, 0.29) is 0 Å². The Morgan fingerprint density at radius 2 is 1.89 bits per heavy atom. The molecule has 19 heavy (non-hydrogen) atoms. The normalized spacial score (nSPS) is 11.1. The van der Waals surface area contributed by atoms with Gasteiger partial charge in [0, 0.05) is 12.1 Å². The summed E-state index contributed by atoms with van der Waals surface area (Å²) in [5.74, 6) is 0.927. The van der Waals surface area contributed by atoms with Gasteiger partial charge in [-0.2, -0.15) is 0 Å². The number of aromatic nitrogens is 2. The average molecular weight is 251 g/mol. The molecule has 0 aliphatic rings. The third-order valence-corrected chi connectivity index (χ3v) is 3.25. The third kappa shape index (κ3) is 2.37. The highest BCUT2D eigenvalue weighted by Crippen LogP contribution is 2.21. The molecule has 0 saturated heterocycles. The molecule has 0 radical (unpaired) electrons. The Kier molecular flexibility index (Phi) is 3.05. The van der Waals surface area contributed by atoms with Gasteiger partial charge >= 0.3 is 0 Å². The van der Waals surface area contributed by atoms with Gasteiger partial charge in [-0.1, -0.05) is 35.9 Å². The number of nitrogens with one attached hydrogen (secondary N) is 2. The van der Waals surface area contributed by atoms with Crippen LogP contribution in [0, 0.1) is 6.92 Å². The van der Waals surface area contributed by atoms with E-state index in [9.17, 15) is 0 Å². The van der Waals surface area contributed by atoms with Crippen molar-refractivity contribution in [3.63, 3.8) is 0 Å². The van der Waals surface area contributed by atoms with Crippen LogP contribution >= 0.6 is 0 Å². The highest BCUT2D eigenvalue weighted by Gasteiger charge is 2.05. The first-order chi connectivity index (χ1) is 9.26. The molecule has 3 nitrogen and oxygen atoms in total. The number of H-pyrrole nitrogens is 1. The predicted molar refractivity (Wildman–Crippen MR) is 79.0 cm³/mol. The fourth-order valence-electron chi connectivity index (χ4n) is 2.22. The lowest BCUT2D eigenvalue weighted by atomic mass is 10.1. The molecule has 0 spiro atoms. The molecule has 0 unspecified atom stereocenters. The summed E-state index contributed by atoms with van der Waals surface area (Å²) in [4.78, 5) is 8.03. The van der Waals surface area contributed by atoms with Gasteiger partial charge < -0.3 is 10.3 Å². The summed E-state index contributed by atoms with van der Waals surface area (Å²) >= 11 is 0. The van der Waals surface area contributed by atoms with E-state index in [1.807, 2.05) is 7.05 Å². The quantitative estimate of drug-likeness (QED) is 0.750. The lowest BCUT2D eigenvalue weighted by Crippen LogP contribution is -2.04. The van der Waals surface area contributed by atoms with Gasteiger partial charge in [-0.15, -0.1) is 0 Å². The smallest absolute Gasteiger partial charge is 0.138 e. The fraction of sp³-hybridized carbons (Fsp3) is 0.188. The van der Waals surface area contributed by atoms with Crippen molar-refractivity contribution in [2.24, 2.45) is 0 Å². The molecule has 2 N–H and O–H groups in total. The molecule has 96 valence electrons. The minimum Gasteiger partial charge on any atom is -0.338 e. The zero-order valence-corrected chi connectivity index (χ0v) is 11.2. The van der Waals surface area contributed by atoms with Crippen LogP contribution in [0.25, 0.3) is 22.4 Å². The van der Waals surface area contributed by atoms with E-state index in [1.165, 1.54) is 11.1 Å². The van der Waals surface area contributed by atoms with Crippen LogP contribution in [-0.4, -0.2) is 17.0 Å². The van der Waals surface area contributed by atoms with Crippen molar-refractivity contribution in [3.05, 3.63) is 53.6 Å². The van der Waals surface area contributed by atoms with Gasteiger partial charge in [-0.3, -0.25) is 0 Å². The van der Waals surface area contributed by atoms with Gasteiger partial charge in [-0.05, 0) is 31.7 Å². The lowest BCUT2D eigenvalue weighted by Gasteiger charge is -1.98. The van der Waals surface area contributed by atoms with E-state index < -0.39 is 0 Å². The number of nitrogens with zero attached hydrogens (tertiary/aromatic N) is 1. The van der Waals surface area contributed by atoms with E-state index in [2.05, 4.69) is 64.7 Å². The minimum atomic E-state index is 0.870. The summed E-state index contributed by atoms with van der Waals surface area (Å²) in [5, 5.41) is 3.16. The zero-order valence-electron chi connectivity index (χ0n) is 11.2. The molecule has 0 amide bonds. The monoisotopic (exact) mass is 251 g/mol. The lowest BCUT2D eigenvalue weighted by molar-refractivity contribution is 0.819. The van der Waals surface area contributed by atoms with Crippen molar-refractivity contribution in [3.8, 4) is 11.4 Å². The molecule has 2 aromatic carbocycles. The molecule has 0 aliphatic carbocycles. The van der Waals surface area contributed by atoms with Crippen LogP contribution < -0.4 is 5.32 Å². The maximum Gasteiger partial charge on any atom is 0.138 e. The maximum atomic E-state index is 4.64. The van der Waals surface area contributed by atoms with Gasteiger partial charge in [0.1, 0.15) is 5.82 Å². The molecule has 3 aromatic rings. The van der Waals surface area contributed by atoms with Crippen molar-refractivity contribution in [1.82, 2.24) is 15.3 Å². The Hall–Kier alpha value is -2.13. The first kappa shape index (κ1) is 11.9. The SMILES string of the molecule is CNCc1ccc2nc(-c3ccc(C)cc3)[nH]c2c1. The fourth-order valence-corrected chi connectivity index (χ4v) is 2.22.